The maximum Gasteiger partial charge on any atom is 0.253 e. The Morgan fingerprint density at radius 2 is 1.75 bits per heavy atom. The van der Waals surface area contributed by atoms with Gasteiger partial charge in [-0.2, -0.15) is 0 Å². The van der Waals surface area contributed by atoms with Crippen LogP contribution in [-0.2, 0) is 16.4 Å². The van der Waals surface area contributed by atoms with Crippen LogP contribution in [0.15, 0.2) is 48.5 Å². The molecule has 2 aromatic carbocycles. The molecular weight excluding hydrogens is 376 g/mol. The number of ether oxygens (including phenoxy) is 1. The van der Waals surface area contributed by atoms with Crippen molar-refractivity contribution in [3.8, 4) is 5.75 Å². The van der Waals surface area contributed by atoms with Gasteiger partial charge in [0.1, 0.15) is 5.75 Å². The first-order chi connectivity index (χ1) is 13.2. The molecule has 1 amide bonds. The summed E-state index contributed by atoms with van der Waals surface area (Å²) in [5, 5.41) is 2.87. The number of carbonyl (C=O) groups excluding carboxylic acids is 1. The van der Waals surface area contributed by atoms with Crippen LogP contribution in [0.5, 0.6) is 5.75 Å². The predicted molar refractivity (Wildman–Crippen MR) is 113 cm³/mol. The van der Waals surface area contributed by atoms with Crippen LogP contribution in [0.4, 0.5) is 5.69 Å². The Balaban J connectivity index is 1.90. The molecule has 152 valence electrons. The van der Waals surface area contributed by atoms with Gasteiger partial charge in [-0.05, 0) is 56.5 Å². The maximum absolute atomic E-state index is 12.5. The second kappa shape index (κ2) is 9.59. The number of hydrogen-bond acceptors (Lipinski definition) is 4. The molecule has 0 radical (unpaired) electrons. The quantitative estimate of drug-likeness (QED) is 0.651. The highest BCUT2D eigenvalue weighted by Crippen LogP contribution is 2.21. The average molecular weight is 405 g/mol. The zero-order chi connectivity index (χ0) is 20.7. The first-order valence-corrected chi connectivity index (χ1v) is 11.1. The van der Waals surface area contributed by atoms with E-state index in [-0.39, 0.29) is 12.0 Å². The summed E-state index contributed by atoms with van der Waals surface area (Å²) in [4.78, 5) is 12.5. The molecule has 2 aromatic rings. The van der Waals surface area contributed by atoms with Gasteiger partial charge in [-0.25, -0.2) is 8.42 Å². The molecule has 0 aromatic heterocycles. The number of hydrogen-bond donors (Lipinski definition) is 1. The summed E-state index contributed by atoms with van der Waals surface area (Å²) in [5.41, 5.74) is 1.87. The summed E-state index contributed by atoms with van der Waals surface area (Å²) < 4.78 is 30.3. The Morgan fingerprint density at radius 3 is 2.36 bits per heavy atom. The van der Waals surface area contributed by atoms with Gasteiger partial charge in [-0.15, -0.1) is 0 Å². The van der Waals surface area contributed by atoms with Crippen LogP contribution in [0, 0.1) is 0 Å². The van der Waals surface area contributed by atoms with Gasteiger partial charge in [0.15, 0.2) is 0 Å². The molecular formula is C21H28N2O4S. The Hall–Kier alpha value is -2.54. The molecule has 28 heavy (non-hydrogen) atoms. The molecule has 0 fully saturated rings. The van der Waals surface area contributed by atoms with E-state index in [1.165, 1.54) is 12.6 Å². The topological polar surface area (TPSA) is 75.7 Å². The second-order valence-electron chi connectivity index (χ2n) is 6.92. The summed E-state index contributed by atoms with van der Waals surface area (Å²) in [6.45, 7) is 4.48. The second-order valence-corrected chi connectivity index (χ2v) is 8.93. The third kappa shape index (κ3) is 6.27. The molecule has 0 bridgehead atoms. The molecule has 2 rings (SSSR count). The number of benzene rings is 2. The molecule has 6 nitrogen and oxygen atoms in total. The Morgan fingerprint density at radius 1 is 1.11 bits per heavy atom. The summed E-state index contributed by atoms with van der Waals surface area (Å²) in [7, 11) is -2.00. The molecule has 7 heteroatoms. The van der Waals surface area contributed by atoms with E-state index in [1.807, 2.05) is 38.1 Å². The Kier molecular flexibility index (Phi) is 7.45. The number of amides is 1. The molecule has 0 unspecified atom stereocenters. The zero-order valence-electron chi connectivity index (χ0n) is 16.8. The van der Waals surface area contributed by atoms with Crippen LogP contribution < -0.4 is 14.4 Å². The summed E-state index contributed by atoms with van der Waals surface area (Å²) in [6.07, 6.45) is 2.86. The first-order valence-electron chi connectivity index (χ1n) is 9.25. The molecule has 0 spiro atoms. The number of nitrogens with zero attached hydrogens (tertiary/aromatic N) is 1. The van der Waals surface area contributed by atoms with Gasteiger partial charge < -0.3 is 10.1 Å². The van der Waals surface area contributed by atoms with Gasteiger partial charge >= 0.3 is 0 Å². The third-order valence-corrected chi connectivity index (χ3v) is 5.40. The first kappa shape index (κ1) is 21.8. The largest absolute Gasteiger partial charge is 0.491 e. The van der Waals surface area contributed by atoms with Crippen molar-refractivity contribution in [1.82, 2.24) is 5.32 Å². The van der Waals surface area contributed by atoms with Crippen molar-refractivity contribution in [3.05, 3.63) is 59.7 Å². The normalized spacial score (nSPS) is 11.3. The van der Waals surface area contributed by atoms with Crippen molar-refractivity contribution in [2.45, 2.75) is 32.8 Å². The number of sulfonamides is 1. The van der Waals surface area contributed by atoms with Crippen LogP contribution in [0.1, 0.15) is 36.2 Å². The van der Waals surface area contributed by atoms with Crippen LogP contribution in [0.25, 0.3) is 0 Å². The number of carbonyl (C=O) groups is 1. The fourth-order valence-electron chi connectivity index (χ4n) is 2.72. The molecule has 0 atom stereocenters. The van der Waals surface area contributed by atoms with Crippen molar-refractivity contribution in [1.29, 1.82) is 0 Å². The highest BCUT2D eigenvalue weighted by molar-refractivity contribution is 7.92. The summed E-state index contributed by atoms with van der Waals surface area (Å²) in [5.74, 6) is 0.561. The molecule has 0 aliphatic heterocycles. The minimum absolute atomic E-state index is 0.144. The van der Waals surface area contributed by atoms with Crippen molar-refractivity contribution in [2.75, 3.05) is 24.2 Å². The van der Waals surface area contributed by atoms with Gasteiger partial charge in [0.2, 0.25) is 10.0 Å². The Labute approximate surface area is 167 Å². The molecule has 1 N–H and O–H groups in total. The number of para-hydroxylation sites is 1. The Bertz CT molecular complexity index is 893. The van der Waals surface area contributed by atoms with Crippen molar-refractivity contribution < 1.29 is 17.9 Å². The van der Waals surface area contributed by atoms with Gasteiger partial charge in [-0.3, -0.25) is 9.10 Å². The lowest BCUT2D eigenvalue weighted by atomic mass is 10.1. The van der Waals surface area contributed by atoms with Crippen molar-refractivity contribution in [3.63, 3.8) is 0 Å². The monoisotopic (exact) mass is 404 g/mol. The fourth-order valence-corrected chi connectivity index (χ4v) is 3.23. The van der Waals surface area contributed by atoms with Crippen LogP contribution in [0.3, 0.4) is 0 Å². The summed E-state index contributed by atoms with van der Waals surface area (Å²) in [6, 6.07) is 14.6. The van der Waals surface area contributed by atoms with E-state index < -0.39 is 10.0 Å². The minimum Gasteiger partial charge on any atom is -0.491 e. The number of rotatable bonds is 9. The van der Waals surface area contributed by atoms with Gasteiger partial charge in [-0.1, -0.05) is 24.3 Å². The van der Waals surface area contributed by atoms with Crippen molar-refractivity contribution >= 4 is 21.6 Å². The molecule has 0 saturated carbocycles. The third-order valence-electron chi connectivity index (χ3n) is 4.21. The zero-order valence-corrected chi connectivity index (χ0v) is 17.6. The summed E-state index contributed by atoms with van der Waals surface area (Å²) >= 11 is 0. The smallest absolute Gasteiger partial charge is 0.253 e. The van der Waals surface area contributed by atoms with E-state index in [1.54, 1.807) is 24.3 Å². The van der Waals surface area contributed by atoms with E-state index in [2.05, 4.69) is 5.32 Å². The number of anilines is 1. The molecule has 0 heterocycles. The lowest BCUT2D eigenvalue weighted by molar-refractivity contribution is 0.0954. The average Bonchev–Trinajstić information content (AvgIpc) is 2.64. The fraction of sp³-hybridized carbons (Fsp3) is 0.381. The standard InChI is InChI=1S/C21H28N2O4S/c1-16(2)27-18-13-11-17(12-14-18)8-7-15-22-21(24)19-9-5-6-10-20(19)23(3)28(4,25)26/h5-6,9-14,16H,7-8,15H2,1-4H3,(H,22,24). The maximum atomic E-state index is 12.5. The van der Waals surface area contributed by atoms with E-state index >= 15 is 0 Å². The van der Waals surface area contributed by atoms with Crippen LogP contribution in [-0.4, -0.2) is 40.3 Å². The van der Waals surface area contributed by atoms with Crippen LogP contribution >= 0.6 is 0 Å². The molecule has 0 saturated heterocycles. The lowest BCUT2D eigenvalue weighted by Gasteiger charge is -2.19. The van der Waals surface area contributed by atoms with Crippen LogP contribution in [0.2, 0.25) is 0 Å². The highest BCUT2D eigenvalue weighted by atomic mass is 32.2. The van der Waals surface area contributed by atoms with Crippen molar-refractivity contribution in [2.24, 2.45) is 0 Å². The number of aryl methyl sites for hydroxylation is 1. The molecule has 0 aliphatic carbocycles. The van der Waals surface area contributed by atoms with E-state index in [9.17, 15) is 13.2 Å². The van der Waals surface area contributed by atoms with E-state index in [4.69, 9.17) is 4.74 Å². The predicted octanol–water partition coefficient (Wildman–Crippen LogP) is 3.23. The minimum atomic E-state index is -3.44. The van der Waals surface area contributed by atoms with E-state index in [0.717, 1.165) is 29.2 Å². The van der Waals surface area contributed by atoms with E-state index in [0.29, 0.717) is 17.8 Å². The lowest BCUT2D eigenvalue weighted by Crippen LogP contribution is -2.30. The van der Waals surface area contributed by atoms with Gasteiger partial charge in [0.25, 0.3) is 5.91 Å². The SMILES string of the molecule is CC(C)Oc1ccc(CCCNC(=O)c2ccccc2N(C)S(C)(=O)=O)cc1. The molecule has 0 aliphatic rings. The van der Waals surface area contributed by atoms with Gasteiger partial charge in [0.05, 0.1) is 23.6 Å². The van der Waals surface area contributed by atoms with Gasteiger partial charge in [0, 0.05) is 13.6 Å². The number of nitrogens with one attached hydrogen (secondary N) is 1. The highest BCUT2D eigenvalue weighted by Gasteiger charge is 2.19.